The fraction of sp³-hybridized carbons (Fsp3) is 0.188. The molecule has 0 saturated heterocycles. The Hall–Kier alpha value is -1.72. The number of halogens is 2. The first-order valence-corrected chi connectivity index (χ1v) is 7.40. The lowest BCUT2D eigenvalue weighted by molar-refractivity contribution is 0.102. The number of hydrogen-bond donors (Lipinski definition) is 2. The predicted molar refractivity (Wildman–Crippen MR) is 86.1 cm³/mol. The molecule has 0 bridgehead atoms. The number of amides is 1. The van der Waals surface area contributed by atoms with Gasteiger partial charge in [0.1, 0.15) is 5.82 Å². The molecule has 0 aromatic heterocycles. The van der Waals surface area contributed by atoms with Gasteiger partial charge in [-0.25, -0.2) is 4.39 Å². The van der Waals surface area contributed by atoms with Crippen LogP contribution >= 0.6 is 15.9 Å². The summed E-state index contributed by atoms with van der Waals surface area (Å²) < 4.78 is 13.6. The summed E-state index contributed by atoms with van der Waals surface area (Å²) in [6.07, 6.45) is 0.769. The van der Waals surface area contributed by atoms with E-state index in [4.69, 9.17) is 0 Å². The van der Waals surface area contributed by atoms with Crippen LogP contribution in [0.1, 0.15) is 15.9 Å². The SMILES string of the molecule is CNCCc1ccccc1C(=O)Nc1ccc(F)cc1Br. The van der Waals surface area contributed by atoms with Crippen LogP contribution in [0, 0.1) is 5.82 Å². The zero-order chi connectivity index (χ0) is 15.2. The van der Waals surface area contributed by atoms with Crippen LogP contribution in [0.3, 0.4) is 0 Å². The minimum absolute atomic E-state index is 0.200. The third-order valence-electron chi connectivity index (χ3n) is 3.09. The van der Waals surface area contributed by atoms with Gasteiger partial charge < -0.3 is 10.6 Å². The van der Waals surface area contributed by atoms with E-state index in [9.17, 15) is 9.18 Å². The summed E-state index contributed by atoms with van der Waals surface area (Å²) in [6.45, 7) is 0.796. The van der Waals surface area contributed by atoms with Crippen molar-refractivity contribution in [3.63, 3.8) is 0 Å². The molecule has 0 aliphatic heterocycles. The molecule has 3 nitrogen and oxygen atoms in total. The van der Waals surface area contributed by atoms with Crippen LogP contribution in [-0.4, -0.2) is 19.5 Å². The van der Waals surface area contributed by atoms with E-state index in [1.165, 1.54) is 18.2 Å². The molecular formula is C16H16BrFN2O. The van der Waals surface area contributed by atoms with E-state index in [-0.39, 0.29) is 11.7 Å². The highest BCUT2D eigenvalue weighted by Gasteiger charge is 2.12. The van der Waals surface area contributed by atoms with Crippen molar-refractivity contribution < 1.29 is 9.18 Å². The fourth-order valence-corrected chi connectivity index (χ4v) is 2.45. The topological polar surface area (TPSA) is 41.1 Å². The highest BCUT2D eigenvalue weighted by Crippen LogP contribution is 2.24. The molecule has 0 atom stereocenters. The standard InChI is InChI=1S/C16H16BrFN2O/c1-19-9-8-11-4-2-3-5-13(11)16(21)20-15-7-6-12(18)10-14(15)17/h2-7,10,19H,8-9H2,1H3,(H,20,21). The summed E-state index contributed by atoms with van der Waals surface area (Å²) >= 11 is 3.24. The number of carbonyl (C=O) groups excluding carboxylic acids is 1. The Morgan fingerprint density at radius 2 is 2.00 bits per heavy atom. The second-order valence-electron chi connectivity index (χ2n) is 4.59. The lowest BCUT2D eigenvalue weighted by Crippen LogP contribution is -2.17. The van der Waals surface area contributed by atoms with E-state index in [0.29, 0.717) is 15.7 Å². The van der Waals surface area contributed by atoms with Crippen LogP contribution in [0.15, 0.2) is 46.9 Å². The highest BCUT2D eigenvalue weighted by molar-refractivity contribution is 9.10. The van der Waals surface area contributed by atoms with Gasteiger partial charge in [-0.3, -0.25) is 4.79 Å². The molecule has 2 rings (SSSR count). The Bertz CT molecular complexity index is 646. The lowest BCUT2D eigenvalue weighted by atomic mass is 10.0. The van der Waals surface area contributed by atoms with E-state index in [1.807, 2.05) is 25.2 Å². The van der Waals surface area contributed by atoms with Crippen LogP contribution in [0.25, 0.3) is 0 Å². The number of hydrogen-bond acceptors (Lipinski definition) is 2. The van der Waals surface area contributed by atoms with Crippen molar-refractivity contribution in [2.45, 2.75) is 6.42 Å². The number of likely N-dealkylation sites (N-methyl/N-ethyl adjacent to an activating group) is 1. The van der Waals surface area contributed by atoms with Crippen LogP contribution in [-0.2, 0) is 6.42 Å². The molecule has 0 unspecified atom stereocenters. The Balaban J connectivity index is 2.20. The third-order valence-corrected chi connectivity index (χ3v) is 3.74. The van der Waals surface area contributed by atoms with Gasteiger partial charge in [-0.2, -0.15) is 0 Å². The number of rotatable bonds is 5. The molecule has 0 fully saturated rings. The van der Waals surface area contributed by atoms with E-state index in [0.717, 1.165) is 18.5 Å². The van der Waals surface area contributed by atoms with E-state index in [1.54, 1.807) is 6.07 Å². The molecule has 0 heterocycles. The number of carbonyl (C=O) groups is 1. The van der Waals surface area contributed by atoms with Crippen molar-refractivity contribution in [1.82, 2.24) is 5.32 Å². The molecule has 0 saturated carbocycles. The van der Waals surface area contributed by atoms with Gasteiger partial charge in [0.15, 0.2) is 0 Å². The van der Waals surface area contributed by atoms with Crippen molar-refractivity contribution in [3.05, 3.63) is 63.9 Å². The second-order valence-corrected chi connectivity index (χ2v) is 5.44. The average Bonchev–Trinajstić information content (AvgIpc) is 2.48. The van der Waals surface area contributed by atoms with Gasteiger partial charge in [0.25, 0.3) is 5.91 Å². The summed E-state index contributed by atoms with van der Waals surface area (Å²) in [5.74, 6) is -0.552. The third kappa shape index (κ3) is 4.12. The van der Waals surface area contributed by atoms with Crippen molar-refractivity contribution >= 4 is 27.5 Å². The molecule has 0 radical (unpaired) electrons. The first kappa shape index (κ1) is 15.7. The maximum absolute atomic E-state index is 13.1. The Morgan fingerprint density at radius 3 is 2.71 bits per heavy atom. The number of benzene rings is 2. The summed E-state index contributed by atoms with van der Waals surface area (Å²) in [7, 11) is 1.87. The normalized spacial score (nSPS) is 10.4. The minimum Gasteiger partial charge on any atom is -0.321 e. The monoisotopic (exact) mass is 350 g/mol. The molecule has 0 spiro atoms. The molecule has 2 N–H and O–H groups in total. The smallest absolute Gasteiger partial charge is 0.255 e. The van der Waals surface area contributed by atoms with Gasteiger partial charge in [0, 0.05) is 10.0 Å². The van der Waals surface area contributed by atoms with E-state index in [2.05, 4.69) is 26.6 Å². The van der Waals surface area contributed by atoms with Crippen LogP contribution in [0.5, 0.6) is 0 Å². The molecule has 21 heavy (non-hydrogen) atoms. The zero-order valence-electron chi connectivity index (χ0n) is 11.6. The molecule has 5 heteroatoms. The zero-order valence-corrected chi connectivity index (χ0v) is 13.2. The van der Waals surface area contributed by atoms with Crippen molar-refractivity contribution in [2.75, 3.05) is 18.9 Å². The summed E-state index contributed by atoms with van der Waals surface area (Å²) in [4.78, 5) is 12.4. The average molecular weight is 351 g/mol. The summed E-state index contributed by atoms with van der Waals surface area (Å²) in [5.41, 5.74) is 2.15. The predicted octanol–water partition coefficient (Wildman–Crippen LogP) is 3.60. The Kier molecular flexibility index (Phi) is 5.47. The lowest BCUT2D eigenvalue weighted by Gasteiger charge is -2.11. The van der Waals surface area contributed by atoms with Gasteiger partial charge in [0.2, 0.25) is 0 Å². The molecule has 110 valence electrons. The van der Waals surface area contributed by atoms with E-state index >= 15 is 0 Å². The van der Waals surface area contributed by atoms with Gasteiger partial charge in [0.05, 0.1) is 5.69 Å². The Morgan fingerprint density at radius 1 is 1.24 bits per heavy atom. The summed E-state index contributed by atoms with van der Waals surface area (Å²) in [5, 5.41) is 5.86. The fourth-order valence-electron chi connectivity index (χ4n) is 2.00. The first-order valence-electron chi connectivity index (χ1n) is 6.60. The molecular weight excluding hydrogens is 335 g/mol. The van der Waals surface area contributed by atoms with Crippen molar-refractivity contribution in [3.8, 4) is 0 Å². The van der Waals surface area contributed by atoms with Gasteiger partial charge >= 0.3 is 0 Å². The number of nitrogens with one attached hydrogen (secondary N) is 2. The van der Waals surface area contributed by atoms with Gasteiger partial charge in [-0.15, -0.1) is 0 Å². The molecule has 2 aromatic carbocycles. The molecule has 2 aromatic rings. The van der Waals surface area contributed by atoms with Crippen LogP contribution < -0.4 is 10.6 Å². The van der Waals surface area contributed by atoms with Crippen LogP contribution in [0.2, 0.25) is 0 Å². The molecule has 0 aliphatic rings. The largest absolute Gasteiger partial charge is 0.321 e. The molecule has 1 amide bonds. The van der Waals surface area contributed by atoms with Gasteiger partial charge in [-0.05, 0) is 65.8 Å². The van der Waals surface area contributed by atoms with Crippen molar-refractivity contribution in [2.24, 2.45) is 0 Å². The minimum atomic E-state index is -0.353. The quantitative estimate of drug-likeness (QED) is 0.864. The summed E-state index contributed by atoms with van der Waals surface area (Å²) in [6, 6.07) is 11.6. The Labute approximate surface area is 131 Å². The van der Waals surface area contributed by atoms with Crippen LogP contribution in [0.4, 0.5) is 10.1 Å². The number of anilines is 1. The van der Waals surface area contributed by atoms with Crippen molar-refractivity contribution in [1.29, 1.82) is 0 Å². The molecule has 0 aliphatic carbocycles. The maximum atomic E-state index is 13.1. The van der Waals surface area contributed by atoms with E-state index < -0.39 is 0 Å². The highest BCUT2D eigenvalue weighted by atomic mass is 79.9. The first-order chi connectivity index (χ1) is 10.1. The second kappa shape index (κ2) is 7.33. The van der Waals surface area contributed by atoms with Gasteiger partial charge in [-0.1, -0.05) is 18.2 Å². The maximum Gasteiger partial charge on any atom is 0.255 e.